The van der Waals surface area contributed by atoms with Gasteiger partial charge < -0.3 is 10.1 Å². The Morgan fingerprint density at radius 2 is 1.86 bits per heavy atom. The maximum atomic E-state index is 13.5. The van der Waals surface area contributed by atoms with Gasteiger partial charge in [-0.2, -0.15) is 0 Å². The number of amides is 1. The van der Waals surface area contributed by atoms with Crippen LogP contribution in [-0.4, -0.2) is 23.5 Å². The first-order valence-corrected chi connectivity index (χ1v) is 9.93. The number of halogens is 1. The first-order valence-electron chi connectivity index (χ1n) is 9.12. The van der Waals surface area contributed by atoms with Gasteiger partial charge in [-0.1, -0.05) is 30.3 Å². The molecule has 0 saturated heterocycles. The Hall–Kier alpha value is -2.80. The molecule has 28 heavy (non-hydrogen) atoms. The van der Waals surface area contributed by atoms with Crippen molar-refractivity contribution in [2.45, 2.75) is 32.2 Å². The summed E-state index contributed by atoms with van der Waals surface area (Å²) in [4.78, 5) is 28.0. The number of hydrogen-bond donors (Lipinski definition) is 1. The van der Waals surface area contributed by atoms with Gasteiger partial charge in [0.25, 0.3) is 5.91 Å². The minimum Gasteiger partial charge on any atom is -0.456 e. The van der Waals surface area contributed by atoms with Crippen LogP contribution in [-0.2, 0) is 27.3 Å². The van der Waals surface area contributed by atoms with Crippen LogP contribution in [0, 0.1) is 5.82 Å². The Morgan fingerprint density at radius 1 is 1.07 bits per heavy atom. The molecule has 1 aromatic heterocycles. The fourth-order valence-electron chi connectivity index (χ4n) is 2.68. The highest BCUT2D eigenvalue weighted by atomic mass is 32.1. The lowest BCUT2D eigenvalue weighted by Crippen LogP contribution is -2.28. The molecule has 0 aliphatic rings. The van der Waals surface area contributed by atoms with Crippen LogP contribution in [0.1, 0.15) is 29.8 Å². The van der Waals surface area contributed by atoms with Crippen molar-refractivity contribution in [3.63, 3.8) is 0 Å². The quantitative estimate of drug-likeness (QED) is 0.435. The van der Waals surface area contributed by atoms with Crippen LogP contribution in [0.15, 0.2) is 48.5 Å². The van der Waals surface area contributed by atoms with Gasteiger partial charge in [0, 0.05) is 18.5 Å². The number of unbranched alkanes of at least 4 members (excludes halogenated alkanes) is 1. The highest BCUT2D eigenvalue weighted by Crippen LogP contribution is 2.22. The van der Waals surface area contributed by atoms with E-state index >= 15 is 0 Å². The summed E-state index contributed by atoms with van der Waals surface area (Å²) < 4.78 is 19.6. The highest BCUT2D eigenvalue weighted by molar-refractivity contribution is 7.18. The minimum absolute atomic E-state index is 0.0607. The summed E-state index contributed by atoms with van der Waals surface area (Å²) in [5, 5.41) is 3.59. The number of carbonyl (C=O) groups excluding carboxylic acids is 2. The van der Waals surface area contributed by atoms with E-state index in [1.54, 1.807) is 29.5 Å². The topological polar surface area (TPSA) is 68.3 Å². The Morgan fingerprint density at radius 3 is 2.68 bits per heavy atom. The number of rotatable bonds is 9. The van der Waals surface area contributed by atoms with Crippen LogP contribution in [0.25, 0.3) is 10.2 Å². The zero-order valence-electron chi connectivity index (χ0n) is 15.3. The Labute approximate surface area is 166 Å². The van der Waals surface area contributed by atoms with Crippen LogP contribution < -0.4 is 5.32 Å². The molecule has 0 saturated carbocycles. The third-order valence-corrected chi connectivity index (χ3v) is 5.25. The molecule has 0 atom stereocenters. The number of aryl methyl sites for hydroxylation is 1. The molecule has 0 bridgehead atoms. The van der Waals surface area contributed by atoms with Crippen LogP contribution >= 0.6 is 11.3 Å². The van der Waals surface area contributed by atoms with Gasteiger partial charge in [0.1, 0.15) is 5.82 Å². The third kappa shape index (κ3) is 5.85. The number of para-hydroxylation sites is 1. The van der Waals surface area contributed by atoms with Crippen molar-refractivity contribution >= 4 is 33.4 Å². The Balaban J connectivity index is 1.30. The molecule has 7 heteroatoms. The molecule has 2 aromatic carbocycles. The number of esters is 1. The van der Waals surface area contributed by atoms with E-state index in [0.717, 1.165) is 23.4 Å². The Bertz CT molecular complexity index is 924. The first kappa shape index (κ1) is 19.9. The largest absolute Gasteiger partial charge is 0.456 e. The van der Waals surface area contributed by atoms with Crippen molar-refractivity contribution in [3.05, 3.63) is 64.9 Å². The summed E-state index contributed by atoms with van der Waals surface area (Å²) in [6.07, 6.45) is 2.57. The summed E-state index contributed by atoms with van der Waals surface area (Å²) in [5.74, 6) is -1.25. The molecule has 3 rings (SSSR count). The molecule has 0 aliphatic heterocycles. The maximum absolute atomic E-state index is 13.5. The van der Waals surface area contributed by atoms with Crippen molar-refractivity contribution in [1.82, 2.24) is 10.3 Å². The number of carbonyl (C=O) groups is 2. The molecule has 3 aromatic rings. The van der Waals surface area contributed by atoms with Gasteiger partial charge in [-0.15, -0.1) is 11.3 Å². The maximum Gasteiger partial charge on any atom is 0.306 e. The lowest BCUT2D eigenvalue weighted by atomic mass is 10.2. The average Bonchev–Trinajstić information content (AvgIpc) is 3.12. The number of ether oxygens (including phenoxy) is 1. The van der Waals surface area contributed by atoms with Gasteiger partial charge in [-0.25, -0.2) is 9.37 Å². The second-order valence-corrected chi connectivity index (χ2v) is 7.43. The van der Waals surface area contributed by atoms with E-state index in [9.17, 15) is 14.0 Å². The first-order chi connectivity index (χ1) is 13.6. The number of fused-ring (bicyclic) bond motifs is 1. The molecular formula is C21H21FN2O3S. The lowest BCUT2D eigenvalue weighted by molar-refractivity contribution is -0.148. The van der Waals surface area contributed by atoms with Crippen LogP contribution in [0.3, 0.4) is 0 Å². The van der Waals surface area contributed by atoms with E-state index in [0.29, 0.717) is 12.0 Å². The summed E-state index contributed by atoms with van der Waals surface area (Å²) in [6, 6.07) is 14.2. The van der Waals surface area contributed by atoms with E-state index < -0.39 is 11.9 Å². The van der Waals surface area contributed by atoms with Gasteiger partial charge in [0.2, 0.25) is 0 Å². The lowest BCUT2D eigenvalue weighted by Gasteiger charge is -2.07. The van der Waals surface area contributed by atoms with Crippen molar-refractivity contribution in [1.29, 1.82) is 0 Å². The monoisotopic (exact) mass is 400 g/mol. The summed E-state index contributed by atoms with van der Waals surface area (Å²) >= 11 is 1.67. The van der Waals surface area contributed by atoms with Gasteiger partial charge >= 0.3 is 5.97 Å². The van der Waals surface area contributed by atoms with E-state index in [2.05, 4.69) is 10.3 Å². The molecule has 1 heterocycles. The number of benzene rings is 2. The zero-order valence-corrected chi connectivity index (χ0v) is 16.1. The number of hydrogen-bond acceptors (Lipinski definition) is 5. The van der Waals surface area contributed by atoms with Crippen molar-refractivity contribution in [3.8, 4) is 0 Å². The summed E-state index contributed by atoms with van der Waals surface area (Å²) in [5.41, 5.74) is 1.39. The molecule has 0 unspecified atom stereocenters. The smallest absolute Gasteiger partial charge is 0.306 e. The van der Waals surface area contributed by atoms with Gasteiger partial charge in [0.05, 0.1) is 15.2 Å². The van der Waals surface area contributed by atoms with Gasteiger partial charge in [0.15, 0.2) is 6.61 Å². The van der Waals surface area contributed by atoms with Gasteiger partial charge in [-0.3, -0.25) is 9.59 Å². The number of thiazole rings is 1. The van der Waals surface area contributed by atoms with Crippen molar-refractivity contribution in [2.24, 2.45) is 0 Å². The second kappa shape index (κ2) is 9.94. The predicted octanol–water partition coefficient (Wildman–Crippen LogP) is 4.01. The molecule has 1 amide bonds. The molecule has 0 aliphatic carbocycles. The van der Waals surface area contributed by atoms with Crippen LogP contribution in [0.5, 0.6) is 0 Å². The van der Waals surface area contributed by atoms with Crippen molar-refractivity contribution < 1.29 is 18.7 Å². The molecular weight excluding hydrogens is 379 g/mol. The second-order valence-electron chi connectivity index (χ2n) is 6.31. The molecule has 0 spiro atoms. The standard InChI is InChI=1S/C21H21FN2O3S/c22-16-8-2-1-7-15(16)13-23-19(25)14-27-21(26)12-6-5-11-20-24-17-9-3-4-10-18(17)28-20/h1-4,7-10H,5-6,11-14H2,(H,23,25). The Kier molecular flexibility index (Phi) is 7.08. The van der Waals surface area contributed by atoms with Crippen LogP contribution in [0.4, 0.5) is 4.39 Å². The number of nitrogens with zero attached hydrogens (tertiary/aromatic N) is 1. The van der Waals surface area contributed by atoms with Crippen LogP contribution in [0.2, 0.25) is 0 Å². The molecule has 5 nitrogen and oxygen atoms in total. The summed E-state index contributed by atoms with van der Waals surface area (Å²) in [6.45, 7) is -0.295. The van der Waals surface area contributed by atoms with E-state index in [1.807, 2.05) is 24.3 Å². The molecule has 1 N–H and O–H groups in total. The normalized spacial score (nSPS) is 10.8. The van der Waals surface area contributed by atoms with Gasteiger partial charge in [-0.05, 0) is 37.5 Å². The third-order valence-electron chi connectivity index (χ3n) is 4.16. The minimum atomic E-state index is -0.453. The fourth-order valence-corrected chi connectivity index (χ4v) is 3.69. The summed E-state index contributed by atoms with van der Waals surface area (Å²) in [7, 11) is 0. The zero-order chi connectivity index (χ0) is 19.8. The van der Waals surface area contributed by atoms with E-state index in [4.69, 9.17) is 4.74 Å². The molecule has 0 fully saturated rings. The van der Waals surface area contributed by atoms with E-state index in [-0.39, 0.29) is 25.4 Å². The van der Waals surface area contributed by atoms with E-state index in [1.165, 1.54) is 10.8 Å². The average molecular weight is 400 g/mol. The SMILES string of the molecule is O=C(COC(=O)CCCCc1nc2ccccc2s1)NCc1ccccc1F. The van der Waals surface area contributed by atoms with Crippen molar-refractivity contribution in [2.75, 3.05) is 6.61 Å². The number of aromatic nitrogens is 1. The molecule has 146 valence electrons. The highest BCUT2D eigenvalue weighted by Gasteiger charge is 2.09. The molecule has 0 radical (unpaired) electrons. The fraction of sp³-hybridized carbons (Fsp3) is 0.286. The predicted molar refractivity (Wildman–Crippen MR) is 106 cm³/mol. The number of nitrogens with one attached hydrogen (secondary N) is 1.